The summed E-state index contributed by atoms with van der Waals surface area (Å²) in [5, 5.41) is 8.79. The van der Waals surface area contributed by atoms with Crippen LogP contribution in [0.3, 0.4) is 0 Å². The van der Waals surface area contributed by atoms with Gasteiger partial charge in [0.25, 0.3) is 10.1 Å². The second kappa shape index (κ2) is 11.6. The lowest BCUT2D eigenvalue weighted by Crippen LogP contribution is -2.03. The van der Waals surface area contributed by atoms with E-state index in [1.807, 2.05) is 0 Å². The molecule has 0 unspecified atom stereocenters. The molecule has 0 heterocycles. The Hall–Kier alpha value is -3.49. The van der Waals surface area contributed by atoms with E-state index in [0.29, 0.717) is 41.8 Å². The summed E-state index contributed by atoms with van der Waals surface area (Å²) in [6.07, 6.45) is 2.11. The molecule has 0 spiro atoms. The van der Waals surface area contributed by atoms with E-state index < -0.39 is 10.1 Å². The second-order valence-corrected chi connectivity index (χ2v) is 8.00. The molecule has 3 aromatic carbocycles. The number of benzene rings is 3. The van der Waals surface area contributed by atoms with E-state index in [0.717, 1.165) is 11.8 Å². The second-order valence-electron chi connectivity index (χ2n) is 6.54. The highest BCUT2D eigenvalue weighted by molar-refractivity contribution is 7.85. The molecule has 0 amide bonds. The molecule has 8 heteroatoms. The number of phenolic OH excluding ortho intramolecular Hbond substituents is 1. The summed E-state index contributed by atoms with van der Waals surface area (Å²) in [6, 6.07) is 20.0. The van der Waals surface area contributed by atoms with Gasteiger partial charge in [-0.2, -0.15) is 8.42 Å². The fourth-order valence-corrected chi connectivity index (χ4v) is 3.19. The number of ether oxygens (including phenoxy) is 1. The highest BCUT2D eigenvalue weighted by atomic mass is 32.2. The minimum absolute atomic E-state index is 0.125. The van der Waals surface area contributed by atoms with E-state index in [1.54, 1.807) is 60.7 Å². The minimum atomic E-state index is -4.00. The SMILES string of the molecule is O=Cc1cccc(O)c1.O=Cc1cccc(OCCc2ccc(CS(=O)(=O)O)cc2)c1. The molecule has 0 saturated heterocycles. The van der Waals surface area contributed by atoms with Crippen LogP contribution in [-0.4, -0.2) is 37.3 Å². The molecule has 3 aromatic rings. The predicted molar refractivity (Wildman–Crippen MR) is 116 cm³/mol. The van der Waals surface area contributed by atoms with E-state index >= 15 is 0 Å². The molecule has 0 aromatic heterocycles. The van der Waals surface area contributed by atoms with Crippen LogP contribution in [0.1, 0.15) is 31.8 Å². The zero-order valence-corrected chi connectivity index (χ0v) is 17.4. The molecule has 31 heavy (non-hydrogen) atoms. The standard InChI is InChI=1S/C16H16O5S.C7H6O2/c17-11-15-2-1-3-16(10-15)21-9-8-13-4-6-14(7-5-13)12-22(18,19)20;8-5-6-2-1-3-7(9)4-6/h1-7,10-11H,8-9,12H2,(H,18,19,20);1-5,9H. The highest BCUT2D eigenvalue weighted by Gasteiger charge is 2.06. The molecule has 0 aliphatic heterocycles. The van der Waals surface area contributed by atoms with Crippen LogP contribution < -0.4 is 4.74 Å². The van der Waals surface area contributed by atoms with Crippen LogP contribution >= 0.6 is 0 Å². The molecule has 2 N–H and O–H groups in total. The van der Waals surface area contributed by atoms with Crippen LogP contribution in [0, 0.1) is 0 Å². The molecule has 7 nitrogen and oxygen atoms in total. The smallest absolute Gasteiger partial charge is 0.269 e. The topological polar surface area (TPSA) is 118 Å². The third kappa shape index (κ3) is 9.24. The van der Waals surface area contributed by atoms with Crippen molar-refractivity contribution in [3.63, 3.8) is 0 Å². The zero-order chi connectivity index (χ0) is 22.7. The van der Waals surface area contributed by atoms with Gasteiger partial charge in [-0.1, -0.05) is 48.5 Å². The van der Waals surface area contributed by atoms with Crippen LogP contribution in [-0.2, 0) is 22.3 Å². The minimum Gasteiger partial charge on any atom is -0.508 e. The Kier molecular flexibility index (Phi) is 8.93. The Morgan fingerprint density at radius 1 is 0.806 bits per heavy atom. The van der Waals surface area contributed by atoms with Gasteiger partial charge in [0.05, 0.1) is 6.61 Å². The van der Waals surface area contributed by atoms with Crippen molar-refractivity contribution in [2.45, 2.75) is 12.2 Å². The van der Waals surface area contributed by atoms with Crippen molar-refractivity contribution in [1.82, 2.24) is 0 Å². The summed E-state index contributed by atoms with van der Waals surface area (Å²) in [7, 11) is -4.00. The van der Waals surface area contributed by atoms with Crippen molar-refractivity contribution in [3.05, 3.63) is 95.1 Å². The largest absolute Gasteiger partial charge is 0.508 e. The summed E-state index contributed by atoms with van der Waals surface area (Å²) in [6.45, 7) is 0.444. The third-order valence-corrected chi connectivity index (χ3v) is 4.73. The van der Waals surface area contributed by atoms with Gasteiger partial charge in [0.1, 0.15) is 29.8 Å². The molecule has 0 fully saturated rings. The Labute approximate surface area is 180 Å². The molecular weight excluding hydrogens is 420 g/mol. The summed E-state index contributed by atoms with van der Waals surface area (Å²) in [5.74, 6) is 0.370. The lowest BCUT2D eigenvalue weighted by Gasteiger charge is -2.07. The van der Waals surface area contributed by atoms with Crippen LogP contribution in [0.25, 0.3) is 0 Å². The molecule has 0 saturated carbocycles. The van der Waals surface area contributed by atoms with E-state index in [1.165, 1.54) is 12.1 Å². The number of hydrogen-bond donors (Lipinski definition) is 2. The van der Waals surface area contributed by atoms with E-state index in [4.69, 9.17) is 14.4 Å². The van der Waals surface area contributed by atoms with Gasteiger partial charge in [-0.15, -0.1) is 0 Å². The van der Waals surface area contributed by atoms with Gasteiger partial charge < -0.3 is 9.84 Å². The Morgan fingerprint density at radius 2 is 1.39 bits per heavy atom. The lowest BCUT2D eigenvalue weighted by molar-refractivity contribution is 0.111. The van der Waals surface area contributed by atoms with Gasteiger partial charge in [-0.05, 0) is 35.4 Å². The normalized spacial score (nSPS) is 10.5. The highest BCUT2D eigenvalue weighted by Crippen LogP contribution is 2.13. The van der Waals surface area contributed by atoms with Gasteiger partial charge >= 0.3 is 0 Å². The number of hydrogen-bond acceptors (Lipinski definition) is 6. The average Bonchev–Trinajstić information content (AvgIpc) is 2.74. The summed E-state index contributed by atoms with van der Waals surface area (Å²) >= 11 is 0. The monoisotopic (exact) mass is 442 g/mol. The molecule has 0 bridgehead atoms. The summed E-state index contributed by atoms with van der Waals surface area (Å²) < 4.78 is 35.9. The van der Waals surface area contributed by atoms with Gasteiger partial charge in [-0.25, -0.2) is 0 Å². The number of carbonyl (C=O) groups is 2. The fraction of sp³-hybridized carbons (Fsp3) is 0.130. The van der Waals surface area contributed by atoms with Crippen molar-refractivity contribution in [1.29, 1.82) is 0 Å². The van der Waals surface area contributed by atoms with Crippen LogP contribution in [0.15, 0.2) is 72.8 Å². The molecule has 3 rings (SSSR count). The molecule has 162 valence electrons. The molecule has 0 aliphatic carbocycles. The maximum Gasteiger partial charge on any atom is 0.269 e. The first-order valence-electron chi connectivity index (χ1n) is 9.24. The zero-order valence-electron chi connectivity index (χ0n) is 16.5. The van der Waals surface area contributed by atoms with E-state index in [2.05, 4.69) is 0 Å². The van der Waals surface area contributed by atoms with Crippen molar-refractivity contribution in [2.24, 2.45) is 0 Å². The Balaban J connectivity index is 0.000000316. The first-order valence-corrected chi connectivity index (χ1v) is 10.9. The maximum atomic E-state index is 10.8. The van der Waals surface area contributed by atoms with E-state index in [-0.39, 0.29) is 11.5 Å². The summed E-state index contributed by atoms with van der Waals surface area (Å²) in [5.41, 5.74) is 2.58. The first kappa shape index (κ1) is 23.8. The first-order chi connectivity index (χ1) is 14.8. The lowest BCUT2D eigenvalue weighted by atomic mass is 10.1. The fourth-order valence-electron chi connectivity index (χ4n) is 2.58. The van der Waals surface area contributed by atoms with Gasteiger partial charge in [0, 0.05) is 17.5 Å². The van der Waals surface area contributed by atoms with Crippen molar-refractivity contribution in [3.8, 4) is 11.5 Å². The number of carbonyl (C=O) groups excluding carboxylic acids is 2. The molecule has 0 aliphatic rings. The van der Waals surface area contributed by atoms with Gasteiger partial charge in [-0.3, -0.25) is 14.1 Å². The van der Waals surface area contributed by atoms with Crippen molar-refractivity contribution >= 4 is 22.7 Å². The van der Waals surface area contributed by atoms with Crippen molar-refractivity contribution < 1.29 is 32.4 Å². The third-order valence-electron chi connectivity index (χ3n) is 4.03. The Morgan fingerprint density at radius 3 is 1.94 bits per heavy atom. The molecule has 0 radical (unpaired) electrons. The van der Waals surface area contributed by atoms with Gasteiger partial charge in [0.2, 0.25) is 0 Å². The number of rotatable bonds is 8. The average molecular weight is 442 g/mol. The van der Waals surface area contributed by atoms with E-state index in [9.17, 15) is 18.0 Å². The summed E-state index contributed by atoms with van der Waals surface area (Å²) in [4.78, 5) is 20.7. The van der Waals surface area contributed by atoms with Crippen LogP contribution in [0.4, 0.5) is 0 Å². The Bertz CT molecular complexity index is 1110. The van der Waals surface area contributed by atoms with Crippen molar-refractivity contribution in [2.75, 3.05) is 6.61 Å². The number of aromatic hydroxyl groups is 1. The number of aldehydes is 2. The van der Waals surface area contributed by atoms with Crippen LogP contribution in [0.2, 0.25) is 0 Å². The molecule has 0 atom stereocenters. The molecular formula is C23H22O7S. The predicted octanol–water partition coefficient (Wildman–Crippen LogP) is 3.71. The quantitative estimate of drug-likeness (QED) is 0.403. The van der Waals surface area contributed by atoms with Gasteiger partial charge in [0.15, 0.2) is 0 Å². The van der Waals surface area contributed by atoms with Crippen LogP contribution in [0.5, 0.6) is 11.5 Å². The maximum absolute atomic E-state index is 10.8. The number of phenols is 1.